The number of aromatic nitrogens is 1. The van der Waals surface area contributed by atoms with Crippen molar-refractivity contribution in [1.29, 1.82) is 0 Å². The average molecular weight is 366 g/mol. The van der Waals surface area contributed by atoms with Crippen molar-refractivity contribution in [3.8, 4) is 5.75 Å². The molecule has 6 heteroatoms. The third-order valence-corrected chi connectivity index (χ3v) is 5.41. The van der Waals surface area contributed by atoms with Crippen LogP contribution in [0.1, 0.15) is 21.1 Å². The number of aryl methyl sites for hydroxylation is 1. The quantitative estimate of drug-likeness (QED) is 0.571. The summed E-state index contributed by atoms with van der Waals surface area (Å²) in [5.74, 6) is 0.875. The summed E-state index contributed by atoms with van der Waals surface area (Å²) in [5.41, 5.74) is 2.50. The van der Waals surface area contributed by atoms with Crippen LogP contribution in [0.4, 0.5) is 0 Å². The SMILES string of the molecule is COc1ccc2oc(C(=O)NCCc3nc4ccccc4s3)c(C)c2c1. The molecule has 2 heterocycles. The van der Waals surface area contributed by atoms with Gasteiger partial charge in [0.2, 0.25) is 0 Å². The molecule has 0 atom stereocenters. The lowest BCUT2D eigenvalue weighted by Gasteiger charge is -2.02. The molecule has 0 aliphatic rings. The largest absolute Gasteiger partial charge is 0.497 e. The van der Waals surface area contributed by atoms with E-state index in [1.54, 1.807) is 18.4 Å². The number of nitrogens with zero attached hydrogens (tertiary/aromatic N) is 1. The van der Waals surface area contributed by atoms with Gasteiger partial charge in [-0.1, -0.05) is 12.1 Å². The topological polar surface area (TPSA) is 64.4 Å². The van der Waals surface area contributed by atoms with Crippen LogP contribution in [0.3, 0.4) is 0 Å². The van der Waals surface area contributed by atoms with Crippen molar-refractivity contribution in [3.63, 3.8) is 0 Å². The van der Waals surface area contributed by atoms with Gasteiger partial charge in [0.05, 0.1) is 22.3 Å². The summed E-state index contributed by atoms with van der Waals surface area (Å²) in [5, 5.41) is 4.83. The molecule has 26 heavy (non-hydrogen) atoms. The van der Waals surface area contributed by atoms with Crippen LogP contribution < -0.4 is 10.1 Å². The molecular weight excluding hydrogens is 348 g/mol. The van der Waals surface area contributed by atoms with Crippen molar-refractivity contribution in [1.82, 2.24) is 10.3 Å². The number of thiazole rings is 1. The molecule has 1 amide bonds. The molecule has 0 radical (unpaired) electrons. The van der Waals surface area contributed by atoms with Gasteiger partial charge >= 0.3 is 0 Å². The standard InChI is InChI=1S/C20H18N2O3S/c1-12-14-11-13(24-2)7-8-16(14)25-19(12)20(23)21-10-9-18-22-15-5-3-4-6-17(15)26-18/h3-8,11H,9-10H2,1-2H3,(H,21,23). The van der Waals surface area contributed by atoms with Gasteiger partial charge in [0.25, 0.3) is 5.91 Å². The van der Waals surface area contributed by atoms with Gasteiger partial charge < -0.3 is 14.5 Å². The number of carbonyl (C=O) groups is 1. The van der Waals surface area contributed by atoms with Gasteiger partial charge in [-0.05, 0) is 37.3 Å². The van der Waals surface area contributed by atoms with E-state index in [1.165, 1.54) is 0 Å². The Morgan fingerprint density at radius 2 is 2.12 bits per heavy atom. The van der Waals surface area contributed by atoms with Gasteiger partial charge in [-0.25, -0.2) is 4.98 Å². The zero-order valence-electron chi connectivity index (χ0n) is 14.5. The highest BCUT2D eigenvalue weighted by Gasteiger charge is 2.18. The van der Waals surface area contributed by atoms with Gasteiger partial charge in [0.15, 0.2) is 5.76 Å². The fourth-order valence-electron chi connectivity index (χ4n) is 2.93. The van der Waals surface area contributed by atoms with E-state index in [0.29, 0.717) is 24.3 Å². The summed E-state index contributed by atoms with van der Waals surface area (Å²) >= 11 is 1.66. The summed E-state index contributed by atoms with van der Waals surface area (Å²) in [4.78, 5) is 17.1. The van der Waals surface area contributed by atoms with Crippen molar-refractivity contribution in [3.05, 3.63) is 58.8 Å². The van der Waals surface area contributed by atoms with Crippen molar-refractivity contribution in [2.24, 2.45) is 0 Å². The number of amides is 1. The minimum Gasteiger partial charge on any atom is -0.497 e. The van der Waals surface area contributed by atoms with E-state index in [2.05, 4.69) is 16.4 Å². The lowest BCUT2D eigenvalue weighted by Crippen LogP contribution is -2.25. The Balaban J connectivity index is 1.46. The maximum absolute atomic E-state index is 12.5. The Bertz CT molecular complexity index is 1060. The number of methoxy groups -OCH3 is 1. The van der Waals surface area contributed by atoms with Gasteiger partial charge in [0, 0.05) is 23.9 Å². The predicted molar refractivity (Wildman–Crippen MR) is 103 cm³/mol. The normalized spacial score (nSPS) is 11.2. The second-order valence-electron chi connectivity index (χ2n) is 6.00. The lowest BCUT2D eigenvalue weighted by molar-refractivity contribution is 0.0928. The minimum atomic E-state index is -0.209. The highest BCUT2D eigenvalue weighted by Crippen LogP contribution is 2.28. The fourth-order valence-corrected chi connectivity index (χ4v) is 3.90. The number of rotatable bonds is 5. The molecule has 0 spiro atoms. The maximum Gasteiger partial charge on any atom is 0.287 e. The number of benzene rings is 2. The Hall–Kier alpha value is -2.86. The van der Waals surface area contributed by atoms with Crippen LogP contribution in [0.15, 0.2) is 46.9 Å². The van der Waals surface area contributed by atoms with E-state index in [0.717, 1.165) is 31.9 Å². The number of ether oxygens (including phenoxy) is 1. The summed E-state index contributed by atoms with van der Waals surface area (Å²) in [6.45, 7) is 2.40. The summed E-state index contributed by atoms with van der Waals surface area (Å²) in [7, 11) is 1.62. The molecule has 0 bridgehead atoms. The Labute approximate surface area is 154 Å². The molecule has 5 nitrogen and oxygen atoms in total. The zero-order valence-corrected chi connectivity index (χ0v) is 15.4. The third-order valence-electron chi connectivity index (χ3n) is 4.31. The molecule has 2 aromatic carbocycles. The minimum absolute atomic E-state index is 0.209. The smallest absolute Gasteiger partial charge is 0.287 e. The second kappa shape index (κ2) is 6.80. The number of carbonyl (C=O) groups excluding carboxylic acids is 1. The lowest BCUT2D eigenvalue weighted by atomic mass is 10.1. The number of furan rings is 1. The van der Waals surface area contributed by atoms with E-state index in [-0.39, 0.29) is 5.91 Å². The van der Waals surface area contributed by atoms with Gasteiger partial charge in [-0.2, -0.15) is 0 Å². The van der Waals surface area contributed by atoms with Crippen LogP contribution in [0, 0.1) is 6.92 Å². The first-order valence-corrected chi connectivity index (χ1v) is 9.17. The second-order valence-corrected chi connectivity index (χ2v) is 7.11. The highest BCUT2D eigenvalue weighted by atomic mass is 32.1. The molecule has 0 fully saturated rings. The van der Waals surface area contributed by atoms with E-state index in [1.807, 2.05) is 43.3 Å². The van der Waals surface area contributed by atoms with Gasteiger partial charge in [0.1, 0.15) is 11.3 Å². The van der Waals surface area contributed by atoms with Crippen LogP contribution in [0.25, 0.3) is 21.2 Å². The molecule has 0 aliphatic carbocycles. The van der Waals surface area contributed by atoms with E-state index in [4.69, 9.17) is 9.15 Å². The highest BCUT2D eigenvalue weighted by molar-refractivity contribution is 7.18. The van der Waals surface area contributed by atoms with Crippen LogP contribution in [0.2, 0.25) is 0 Å². The fraction of sp³-hybridized carbons (Fsp3) is 0.200. The Morgan fingerprint density at radius 3 is 2.92 bits per heavy atom. The molecule has 4 rings (SSSR count). The van der Waals surface area contributed by atoms with E-state index < -0.39 is 0 Å². The third kappa shape index (κ3) is 3.04. The van der Waals surface area contributed by atoms with Crippen molar-refractivity contribution < 1.29 is 13.9 Å². The molecule has 132 valence electrons. The predicted octanol–water partition coefficient (Wildman–Crippen LogP) is 4.33. The Morgan fingerprint density at radius 1 is 1.27 bits per heavy atom. The van der Waals surface area contributed by atoms with Crippen LogP contribution in [0.5, 0.6) is 5.75 Å². The number of hydrogen-bond donors (Lipinski definition) is 1. The molecule has 0 unspecified atom stereocenters. The average Bonchev–Trinajstić information content (AvgIpc) is 3.22. The first-order valence-electron chi connectivity index (χ1n) is 8.35. The molecule has 4 aromatic rings. The molecule has 2 aromatic heterocycles. The van der Waals surface area contributed by atoms with Crippen molar-refractivity contribution in [2.45, 2.75) is 13.3 Å². The van der Waals surface area contributed by atoms with Crippen molar-refractivity contribution in [2.75, 3.05) is 13.7 Å². The maximum atomic E-state index is 12.5. The summed E-state index contributed by atoms with van der Waals surface area (Å²) < 4.78 is 12.1. The molecular formula is C20H18N2O3S. The number of para-hydroxylation sites is 1. The first kappa shape index (κ1) is 16.6. The van der Waals surface area contributed by atoms with Crippen LogP contribution in [-0.2, 0) is 6.42 Å². The summed E-state index contributed by atoms with van der Waals surface area (Å²) in [6.07, 6.45) is 0.693. The Kier molecular flexibility index (Phi) is 4.34. The van der Waals surface area contributed by atoms with E-state index in [9.17, 15) is 4.79 Å². The first-order chi connectivity index (χ1) is 12.7. The monoisotopic (exact) mass is 366 g/mol. The summed E-state index contributed by atoms with van der Waals surface area (Å²) in [6, 6.07) is 13.6. The van der Waals surface area contributed by atoms with Gasteiger partial charge in [-0.3, -0.25) is 4.79 Å². The molecule has 0 aliphatic heterocycles. The number of fused-ring (bicyclic) bond motifs is 2. The molecule has 0 saturated heterocycles. The molecule has 1 N–H and O–H groups in total. The van der Waals surface area contributed by atoms with Gasteiger partial charge in [-0.15, -0.1) is 11.3 Å². The van der Waals surface area contributed by atoms with Crippen LogP contribution in [-0.4, -0.2) is 24.5 Å². The number of nitrogens with one attached hydrogen (secondary N) is 1. The molecule has 0 saturated carbocycles. The van der Waals surface area contributed by atoms with Crippen LogP contribution >= 0.6 is 11.3 Å². The van der Waals surface area contributed by atoms with E-state index >= 15 is 0 Å². The number of hydrogen-bond acceptors (Lipinski definition) is 5. The van der Waals surface area contributed by atoms with Crippen molar-refractivity contribution >= 4 is 38.4 Å². The zero-order chi connectivity index (χ0) is 18.1.